The lowest BCUT2D eigenvalue weighted by molar-refractivity contribution is -0.115. The molecule has 17 heavy (non-hydrogen) atoms. The van der Waals surface area contributed by atoms with E-state index in [1.165, 1.54) is 4.57 Å². The first kappa shape index (κ1) is 12.2. The second-order valence-corrected chi connectivity index (χ2v) is 4.75. The number of nitrogens with zero attached hydrogens (tertiary/aromatic N) is 2. The summed E-state index contributed by atoms with van der Waals surface area (Å²) in [4.78, 5) is 22.2. The number of primary amides is 1. The third-order valence-electron chi connectivity index (χ3n) is 2.48. The fourth-order valence-corrected chi connectivity index (χ4v) is 2.40. The van der Waals surface area contributed by atoms with Gasteiger partial charge in [0.2, 0.25) is 5.91 Å². The van der Waals surface area contributed by atoms with E-state index in [4.69, 9.17) is 10.5 Å². The van der Waals surface area contributed by atoms with Crippen molar-refractivity contribution in [1.29, 1.82) is 0 Å². The van der Waals surface area contributed by atoms with E-state index in [9.17, 15) is 9.59 Å². The van der Waals surface area contributed by atoms with Gasteiger partial charge in [-0.2, -0.15) is 0 Å². The third kappa shape index (κ3) is 3.10. The molecule has 7 nitrogen and oxygen atoms in total. The van der Waals surface area contributed by atoms with Gasteiger partial charge in [0, 0.05) is 6.61 Å². The molecule has 0 bridgehead atoms. The summed E-state index contributed by atoms with van der Waals surface area (Å²) < 4.78 is 6.95. The minimum atomic E-state index is -0.436. The Kier molecular flexibility index (Phi) is 3.85. The second kappa shape index (κ2) is 5.37. The molecule has 0 radical (unpaired) electrons. The number of hydrogen-bond donors (Lipinski definition) is 2. The maximum Gasteiger partial charge on any atom is 0.344 e. The maximum atomic E-state index is 11.5. The standard InChI is InChI=1S/C9H14N4O3S/c10-7(14)5-17-9-12-11-8(15)13(9)4-6-2-1-3-16-6/h6H,1-5H2,(H2,10,14)(H,11,15)/t6-/m1/s1. The Morgan fingerprint density at radius 1 is 1.71 bits per heavy atom. The number of ether oxygens (including phenoxy) is 1. The largest absolute Gasteiger partial charge is 0.376 e. The number of hydrogen-bond acceptors (Lipinski definition) is 5. The van der Waals surface area contributed by atoms with Gasteiger partial charge in [0.05, 0.1) is 18.4 Å². The van der Waals surface area contributed by atoms with Crippen LogP contribution in [0.3, 0.4) is 0 Å². The summed E-state index contributed by atoms with van der Waals surface area (Å²) in [6, 6.07) is 0. The summed E-state index contributed by atoms with van der Waals surface area (Å²) in [5.74, 6) is -0.329. The Hall–Kier alpha value is -1.28. The smallest absolute Gasteiger partial charge is 0.344 e. The van der Waals surface area contributed by atoms with E-state index in [1.54, 1.807) is 0 Å². The van der Waals surface area contributed by atoms with E-state index in [0.717, 1.165) is 31.2 Å². The molecule has 1 saturated heterocycles. The molecule has 2 rings (SSSR count). The number of nitrogens with two attached hydrogens (primary N) is 1. The summed E-state index contributed by atoms with van der Waals surface area (Å²) in [5, 5.41) is 6.69. The monoisotopic (exact) mass is 258 g/mol. The molecule has 1 aliphatic rings. The van der Waals surface area contributed by atoms with Crippen molar-refractivity contribution in [3.63, 3.8) is 0 Å². The topological polar surface area (TPSA) is 103 Å². The van der Waals surface area contributed by atoms with Gasteiger partial charge < -0.3 is 10.5 Å². The van der Waals surface area contributed by atoms with Crippen LogP contribution in [0.4, 0.5) is 0 Å². The highest BCUT2D eigenvalue weighted by molar-refractivity contribution is 7.99. The van der Waals surface area contributed by atoms with Gasteiger partial charge in [0.15, 0.2) is 5.16 Å². The molecule has 2 heterocycles. The Morgan fingerprint density at radius 3 is 3.18 bits per heavy atom. The van der Waals surface area contributed by atoms with Crippen LogP contribution in [-0.4, -0.2) is 39.1 Å². The quantitative estimate of drug-likeness (QED) is 0.682. The molecule has 0 aromatic carbocycles. The average molecular weight is 258 g/mol. The van der Waals surface area contributed by atoms with Crippen LogP contribution in [0.1, 0.15) is 12.8 Å². The van der Waals surface area contributed by atoms with Gasteiger partial charge in [-0.1, -0.05) is 11.8 Å². The SMILES string of the molecule is NC(=O)CSc1n[nH]c(=O)n1C[C@H]1CCCO1. The van der Waals surface area contributed by atoms with Crippen LogP contribution in [0.5, 0.6) is 0 Å². The zero-order chi connectivity index (χ0) is 12.3. The van der Waals surface area contributed by atoms with Crippen molar-refractivity contribution >= 4 is 17.7 Å². The summed E-state index contributed by atoms with van der Waals surface area (Å²) in [6.45, 7) is 1.21. The van der Waals surface area contributed by atoms with Crippen molar-refractivity contribution in [3.8, 4) is 0 Å². The third-order valence-corrected chi connectivity index (χ3v) is 3.48. The van der Waals surface area contributed by atoms with Crippen molar-refractivity contribution in [2.24, 2.45) is 5.73 Å². The molecule has 0 aliphatic carbocycles. The molecule has 1 fully saturated rings. The molecule has 1 amide bonds. The first-order valence-corrected chi connectivity index (χ1v) is 6.33. The maximum absolute atomic E-state index is 11.5. The molecule has 94 valence electrons. The van der Waals surface area contributed by atoms with E-state index in [0.29, 0.717) is 11.7 Å². The molecular formula is C9H14N4O3S. The van der Waals surface area contributed by atoms with Gasteiger partial charge in [-0.05, 0) is 12.8 Å². The molecule has 0 spiro atoms. The summed E-state index contributed by atoms with van der Waals surface area (Å²) in [5.41, 5.74) is 4.77. The molecular weight excluding hydrogens is 244 g/mol. The van der Waals surface area contributed by atoms with Crippen LogP contribution >= 0.6 is 11.8 Å². The molecule has 1 aliphatic heterocycles. The number of H-pyrrole nitrogens is 1. The lowest BCUT2D eigenvalue weighted by Crippen LogP contribution is -2.25. The van der Waals surface area contributed by atoms with E-state index in [1.807, 2.05) is 0 Å². The second-order valence-electron chi connectivity index (χ2n) is 3.81. The normalized spacial score (nSPS) is 19.6. The number of nitrogens with one attached hydrogen (secondary N) is 1. The number of aromatic amines is 1. The highest BCUT2D eigenvalue weighted by Crippen LogP contribution is 2.17. The molecule has 0 saturated carbocycles. The van der Waals surface area contributed by atoms with Crippen LogP contribution in [-0.2, 0) is 16.1 Å². The zero-order valence-corrected chi connectivity index (χ0v) is 10.0. The number of carbonyl (C=O) groups excluding carboxylic acids is 1. The van der Waals surface area contributed by atoms with Crippen LogP contribution in [0.25, 0.3) is 0 Å². The highest BCUT2D eigenvalue weighted by Gasteiger charge is 2.19. The fourth-order valence-electron chi connectivity index (χ4n) is 1.70. The van der Waals surface area contributed by atoms with E-state index >= 15 is 0 Å². The summed E-state index contributed by atoms with van der Waals surface area (Å²) >= 11 is 1.15. The van der Waals surface area contributed by atoms with Gasteiger partial charge >= 0.3 is 5.69 Å². The van der Waals surface area contributed by atoms with Crippen molar-refractivity contribution in [2.75, 3.05) is 12.4 Å². The lowest BCUT2D eigenvalue weighted by Gasteiger charge is -2.10. The molecule has 8 heteroatoms. The first-order chi connectivity index (χ1) is 8.16. The predicted molar refractivity (Wildman–Crippen MR) is 61.7 cm³/mol. The van der Waals surface area contributed by atoms with Crippen LogP contribution in [0.2, 0.25) is 0 Å². The number of carbonyl (C=O) groups is 1. The van der Waals surface area contributed by atoms with Gasteiger partial charge in [-0.15, -0.1) is 5.10 Å². The van der Waals surface area contributed by atoms with Gasteiger partial charge in [0.1, 0.15) is 0 Å². The molecule has 3 N–H and O–H groups in total. The lowest BCUT2D eigenvalue weighted by atomic mass is 10.2. The first-order valence-electron chi connectivity index (χ1n) is 5.34. The number of aromatic nitrogens is 3. The van der Waals surface area contributed by atoms with Gasteiger partial charge in [0.25, 0.3) is 0 Å². The van der Waals surface area contributed by atoms with Crippen molar-refractivity contribution in [2.45, 2.75) is 30.6 Å². The fraction of sp³-hybridized carbons (Fsp3) is 0.667. The van der Waals surface area contributed by atoms with Crippen LogP contribution in [0.15, 0.2) is 9.95 Å². The van der Waals surface area contributed by atoms with Crippen LogP contribution in [0, 0.1) is 0 Å². The minimum Gasteiger partial charge on any atom is -0.376 e. The van der Waals surface area contributed by atoms with Crippen molar-refractivity contribution in [1.82, 2.24) is 14.8 Å². The Bertz CT molecular complexity index is 449. The predicted octanol–water partition coefficient (Wildman–Crippen LogP) is -0.672. The van der Waals surface area contributed by atoms with E-state index < -0.39 is 5.91 Å². The van der Waals surface area contributed by atoms with Crippen LogP contribution < -0.4 is 11.4 Å². The summed E-state index contributed by atoms with van der Waals surface area (Å²) in [6.07, 6.45) is 2.01. The Balaban J connectivity index is 2.05. The molecule has 1 atom stereocenters. The number of thioether (sulfide) groups is 1. The number of amides is 1. The zero-order valence-electron chi connectivity index (χ0n) is 9.22. The average Bonchev–Trinajstić information content (AvgIpc) is 2.89. The highest BCUT2D eigenvalue weighted by atomic mass is 32.2. The Morgan fingerprint density at radius 2 is 2.53 bits per heavy atom. The molecule has 1 aromatic heterocycles. The summed E-state index contributed by atoms with van der Waals surface area (Å²) in [7, 11) is 0. The molecule has 1 aromatic rings. The van der Waals surface area contributed by atoms with E-state index in [-0.39, 0.29) is 17.5 Å². The van der Waals surface area contributed by atoms with Crippen molar-refractivity contribution in [3.05, 3.63) is 10.5 Å². The molecule has 0 unspecified atom stereocenters. The number of rotatable bonds is 5. The van der Waals surface area contributed by atoms with Gasteiger partial charge in [-0.25, -0.2) is 9.89 Å². The minimum absolute atomic E-state index is 0.0539. The van der Waals surface area contributed by atoms with Gasteiger partial charge in [-0.3, -0.25) is 9.36 Å². The van der Waals surface area contributed by atoms with Crippen molar-refractivity contribution < 1.29 is 9.53 Å². The Labute approximate surface area is 102 Å². The van der Waals surface area contributed by atoms with E-state index in [2.05, 4.69) is 10.2 Å².